The minimum Gasteiger partial charge on any atom is -0.478 e. The Morgan fingerprint density at radius 3 is 1.59 bits per heavy atom. The van der Waals surface area contributed by atoms with Crippen LogP contribution in [0.5, 0.6) is 0 Å². The van der Waals surface area contributed by atoms with Gasteiger partial charge in [0.15, 0.2) is 0 Å². The number of non-ortho nitro benzene ring substituents is 2. The van der Waals surface area contributed by atoms with Crippen molar-refractivity contribution < 1.29 is 34.6 Å². The zero-order valence-electron chi connectivity index (χ0n) is 12.9. The molecule has 0 amide bonds. The zero-order valence-corrected chi connectivity index (χ0v) is 12.9. The number of benzene rings is 2. The number of carboxylic acid groups (broad SMARTS) is 2. The Bertz CT molecular complexity index is 995. The van der Waals surface area contributed by atoms with Crippen molar-refractivity contribution in [3.8, 4) is 11.1 Å². The van der Waals surface area contributed by atoms with E-state index >= 15 is 0 Å². The molecule has 0 bridgehead atoms. The fraction of sp³-hybridized carbons (Fsp3) is 0. The largest absolute Gasteiger partial charge is 0.478 e. The summed E-state index contributed by atoms with van der Waals surface area (Å²) < 4.78 is 0. The fourth-order valence-electron chi connectivity index (χ4n) is 2.36. The van der Waals surface area contributed by atoms with E-state index in [1.807, 2.05) is 0 Å². The summed E-state index contributed by atoms with van der Waals surface area (Å²) in [6.45, 7) is 0. The topological polar surface area (TPSA) is 204 Å². The smallest absolute Gasteiger partial charge is 0.336 e. The molecule has 0 aliphatic heterocycles. The third-order valence-electron chi connectivity index (χ3n) is 3.45. The van der Waals surface area contributed by atoms with E-state index in [4.69, 9.17) is 0 Å². The maximum Gasteiger partial charge on any atom is 0.336 e. The van der Waals surface area contributed by atoms with Crippen molar-refractivity contribution >= 4 is 29.0 Å². The van der Waals surface area contributed by atoms with Gasteiger partial charge in [-0.05, 0) is 6.07 Å². The molecule has 0 heterocycles. The van der Waals surface area contributed by atoms with E-state index in [1.165, 1.54) is 0 Å². The number of hydrogen-bond donors (Lipinski definition) is 2. The summed E-state index contributed by atoms with van der Waals surface area (Å²) >= 11 is 0. The molecule has 0 radical (unpaired) electrons. The van der Waals surface area contributed by atoms with Crippen LogP contribution in [0.4, 0.5) is 17.1 Å². The van der Waals surface area contributed by atoms with Crippen molar-refractivity contribution in [1.29, 1.82) is 0 Å². The number of carbonyl (C=O) groups is 2. The highest BCUT2D eigenvalue weighted by Crippen LogP contribution is 2.39. The first kappa shape index (κ1) is 18.9. The maximum atomic E-state index is 11.5. The van der Waals surface area contributed by atoms with Crippen LogP contribution in [0.2, 0.25) is 0 Å². The molecule has 27 heavy (non-hydrogen) atoms. The first-order valence-electron chi connectivity index (χ1n) is 6.76. The summed E-state index contributed by atoms with van der Waals surface area (Å²) in [7, 11) is 0. The van der Waals surface area contributed by atoms with Crippen molar-refractivity contribution in [3.63, 3.8) is 0 Å². The third kappa shape index (κ3) is 3.51. The van der Waals surface area contributed by atoms with Gasteiger partial charge in [0.2, 0.25) is 0 Å². The summed E-state index contributed by atoms with van der Waals surface area (Å²) in [5.74, 6) is -3.55. The highest BCUT2D eigenvalue weighted by Gasteiger charge is 2.30. The predicted molar refractivity (Wildman–Crippen MR) is 85.8 cm³/mol. The van der Waals surface area contributed by atoms with Crippen LogP contribution in [0, 0.1) is 30.3 Å². The van der Waals surface area contributed by atoms with E-state index in [2.05, 4.69) is 0 Å². The van der Waals surface area contributed by atoms with Crippen molar-refractivity contribution in [3.05, 3.63) is 71.8 Å². The molecule has 13 heteroatoms. The number of aromatic carboxylic acids is 2. The van der Waals surface area contributed by atoms with Crippen LogP contribution in [0.1, 0.15) is 20.7 Å². The summed E-state index contributed by atoms with van der Waals surface area (Å²) in [6, 6.07) is 3.27. The van der Waals surface area contributed by atoms with Crippen LogP contribution in [0.25, 0.3) is 11.1 Å². The first-order valence-corrected chi connectivity index (χ1v) is 6.76. The van der Waals surface area contributed by atoms with Crippen LogP contribution < -0.4 is 0 Å². The van der Waals surface area contributed by atoms with Gasteiger partial charge >= 0.3 is 11.9 Å². The Morgan fingerprint density at radius 2 is 1.22 bits per heavy atom. The van der Waals surface area contributed by atoms with Gasteiger partial charge in [-0.3, -0.25) is 30.3 Å². The Balaban J connectivity index is 2.99. The molecule has 0 aliphatic rings. The average Bonchev–Trinajstić information content (AvgIpc) is 2.59. The number of nitro benzene ring substituents is 3. The molecule has 0 unspecified atom stereocenters. The van der Waals surface area contributed by atoms with E-state index in [1.54, 1.807) is 0 Å². The van der Waals surface area contributed by atoms with Crippen molar-refractivity contribution in [2.24, 2.45) is 0 Å². The number of nitro groups is 3. The second-order valence-electron chi connectivity index (χ2n) is 5.00. The lowest BCUT2D eigenvalue weighted by molar-refractivity contribution is -0.393. The molecule has 0 aliphatic carbocycles. The Hall–Kier alpha value is -4.42. The second kappa shape index (κ2) is 6.83. The molecule has 0 atom stereocenters. The number of nitrogens with zero attached hydrogens (tertiary/aromatic N) is 3. The molecule has 2 N–H and O–H groups in total. The SMILES string of the molecule is O=C(O)c1cc([N+](=O)[O-])cc(C(=O)O)c1-c1ccc([N+](=O)[O-])cc1[N+](=O)[O-]. The van der Waals surface area contributed by atoms with Gasteiger partial charge in [0, 0.05) is 23.8 Å². The molecule has 0 aromatic heterocycles. The number of carboxylic acids is 2. The quantitative estimate of drug-likeness (QED) is 0.555. The molecule has 0 saturated heterocycles. The van der Waals surface area contributed by atoms with Crippen LogP contribution in [-0.2, 0) is 0 Å². The highest BCUT2D eigenvalue weighted by molar-refractivity contribution is 6.07. The Labute approximate surface area is 147 Å². The predicted octanol–water partition coefficient (Wildman–Crippen LogP) is 2.47. The van der Waals surface area contributed by atoms with E-state index in [0.29, 0.717) is 18.2 Å². The molecule has 0 spiro atoms. The average molecular weight is 377 g/mol. The Morgan fingerprint density at radius 1 is 0.741 bits per heavy atom. The van der Waals surface area contributed by atoms with Gasteiger partial charge in [-0.2, -0.15) is 0 Å². The minimum atomic E-state index is -1.77. The lowest BCUT2D eigenvalue weighted by Crippen LogP contribution is -2.10. The van der Waals surface area contributed by atoms with Crippen molar-refractivity contribution in [1.82, 2.24) is 0 Å². The van der Waals surface area contributed by atoms with Gasteiger partial charge in [0.25, 0.3) is 17.1 Å². The van der Waals surface area contributed by atoms with E-state index in [-0.39, 0.29) is 0 Å². The molecular formula is C14H7N3O10. The third-order valence-corrected chi connectivity index (χ3v) is 3.45. The summed E-state index contributed by atoms with van der Waals surface area (Å²) in [5.41, 5.74) is -5.43. The van der Waals surface area contributed by atoms with Gasteiger partial charge < -0.3 is 10.2 Å². The van der Waals surface area contributed by atoms with Gasteiger partial charge in [-0.25, -0.2) is 9.59 Å². The van der Waals surface area contributed by atoms with Gasteiger partial charge in [0.1, 0.15) is 0 Å². The molecule has 2 aromatic rings. The molecule has 138 valence electrons. The summed E-state index contributed by atoms with van der Waals surface area (Å²) in [4.78, 5) is 53.0. The molecule has 0 saturated carbocycles. The van der Waals surface area contributed by atoms with Crippen LogP contribution in [0.3, 0.4) is 0 Å². The zero-order chi connectivity index (χ0) is 20.5. The molecule has 13 nitrogen and oxygen atoms in total. The van der Waals surface area contributed by atoms with E-state index in [0.717, 1.165) is 12.1 Å². The van der Waals surface area contributed by atoms with Crippen LogP contribution in [-0.4, -0.2) is 36.9 Å². The fourth-order valence-corrected chi connectivity index (χ4v) is 2.36. The van der Waals surface area contributed by atoms with E-state index in [9.17, 15) is 50.1 Å². The maximum absolute atomic E-state index is 11.5. The lowest BCUT2D eigenvalue weighted by atomic mass is 9.92. The van der Waals surface area contributed by atoms with E-state index < -0.39 is 66.0 Å². The first-order chi connectivity index (χ1) is 12.5. The highest BCUT2D eigenvalue weighted by atomic mass is 16.6. The van der Waals surface area contributed by atoms with Crippen molar-refractivity contribution in [2.75, 3.05) is 0 Å². The lowest BCUT2D eigenvalue weighted by Gasteiger charge is -2.11. The summed E-state index contributed by atoms with van der Waals surface area (Å²) in [5, 5.41) is 51.7. The molecule has 0 fully saturated rings. The Kier molecular flexibility index (Phi) is 4.78. The second-order valence-corrected chi connectivity index (χ2v) is 5.00. The van der Waals surface area contributed by atoms with Gasteiger partial charge in [0.05, 0.1) is 37.5 Å². The van der Waals surface area contributed by atoms with Crippen LogP contribution >= 0.6 is 0 Å². The standard InChI is InChI=1S/C14H7N3O10/c18-13(19)9-3-7(16(24)25)4-10(14(20)21)12(9)8-2-1-6(15(22)23)5-11(8)17(26)27/h1-5H,(H,18,19)(H,20,21). The monoisotopic (exact) mass is 377 g/mol. The molecule has 2 rings (SSSR count). The van der Waals surface area contributed by atoms with Gasteiger partial charge in [-0.15, -0.1) is 0 Å². The normalized spacial score (nSPS) is 10.2. The van der Waals surface area contributed by atoms with Gasteiger partial charge in [-0.1, -0.05) is 0 Å². The summed E-state index contributed by atoms with van der Waals surface area (Å²) in [6.07, 6.45) is 0. The van der Waals surface area contributed by atoms with Crippen molar-refractivity contribution in [2.45, 2.75) is 0 Å². The number of rotatable bonds is 6. The minimum absolute atomic E-state index is 0.536. The molecular weight excluding hydrogens is 370 g/mol. The van der Waals surface area contributed by atoms with Crippen LogP contribution in [0.15, 0.2) is 30.3 Å². The number of hydrogen-bond acceptors (Lipinski definition) is 8. The molecule has 2 aromatic carbocycles.